The second-order valence-electron chi connectivity index (χ2n) is 7.53. The van der Waals surface area contributed by atoms with Crippen LogP contribution in [0.4, 0.5) is 0 Å². The summed E-state index contributed by atoms with van der Waals surface area (Å²) in [6, 6.07) is 12.0. The molecular formula is C23H31IN4O4. The van der Waals surface area contributed by atoms with Crippen LogP contribution in [0.3, 0.4) is 0 Å². The van der Waals surface area contributed by atoms with Gasteiger partial charge in [-0.15, -0.1) is 24.0 Å². The SMILES string of the molecule is CN=C(NCc1ccc2c(c1)OCO2)N1CCN(Cc2cc(OC)ccc2OC)CC1.I. The van der Waals surface area contributed by atoms with Gasteiger partial charge in [-0.1, -0.05) is 6.07 Å². The molecule has 4 rings (SSSR count). The molecule has 32 heavy (non-hydrogen) atoms. The van der Waals surface area contributed by atoms with Gasteiger partial charge in [0.2, 0.25) is 6.79 Å². The third-order valence-electron chi connectivity index (χ3n) is 5.65. The van der Waals surface area contributed by atoms with E-state index in [0.717, 1.165) is 72.8 Å². The van der Waals surface area contributed by atoms with Crippen molar-refractivity contribution in [2.75, 3.05) is 54.2 Å². The van der Waals surface area contributed by atoms with Gasteiger partial charge in [0, 0.05) is 51.9 Å². The van der Waals surface area contributed by atoms with Crippen LogP contribution in [0.2, 0.25) is 0 Å². The van der Waals surface area contributed by atoms with Crippen LogP contribution in [0.25, 0.3) is 0 Å². The first-order valence-electron chi connectivity index (χ1n) is 10.5. The Bertz CT molecular complexity index is 932. The average Bonchev–Trinajstić information content (AvgIpc) is 3.28. The summed E-state index contributed by atoms with van der Waals surface area (Å²) in [5.41, 5.74) is 2.27. The van der Waals surface area contributed by atoms with Crippen molar-refractivity contribution in [2.45, 2.75) is 13.1 Å². The number of nitrogens with one attached hydrogen (secondary N) is 1. The number of fused-ring (bicyclic) bond motifs is 1. The van der Waals surface area contributed by atoms with Crippen LogP contribution >= 0.6 is 24.0 Å². The molecule has 174 valence electrons. The molecule has 2 aliphatic heterocycles. The monoisotopic (exact) mass is 554 g/mol. The topological polar surface area (TPSA) is 67.8 Å². The Hall–Kier alpha value is -2.40. The fourth-order valence-electron chi connectivity index (χ4n) is 3.93. The van der Waals surface area contributed by atoms with E-state index < -0.39 is 0 Å². The van der Waals surface area contributed by atoms with E-state index in [-0.39, 0.29) is 24.0 Å². The van der Waals surface area contributed by atoms with Gasteiger partial charge in [-0.3, -0.25) is 9.89 Å². The van der Waals surface area contributed by atoms with Gasteiger partial charge in [-0.2, -0.15) is 0 Å². The summed E-state index contributed by atoms with van der Waals surface area (Å²) >= 11 is 0. The Morgan fingerprint density at radius 3 is 2.50 bits per heavy atom. The van der Waals surface area contributed by atoms with Crippen molar-refractivity contribution in [2.24, 2.45) is 4.99 Å². The summed E-state index contributed by atoms with van der Waals surface area (Å²) in [7, 11) is 5.22. The first-order chi connectivity index (χ1) is 15.2. The Morgan fingerprint density at radius 1 is 1.00 bits per heavy atom. The number of hydrogen-bond donors (Lipinski definition) is 1. The molecule has 2 aromatic carbocycles. The molecule has 1 N–H and O–H groups in total. The molecule has 0 atom stereocenters. The maximum absolute atomic E-state index is 5.53. The van der Waals surface area contributed by atoms with Crippen LogP contribution in [0, 0.1) is 0 Å². The van der Waals surface area contributed by atoms with Gasteiger partial charge in [0.25, 0.3) is 0 Å². The normalized spacial score (nSPS) is 15.8. The predicted octanol–water partition coefficient (Wildman–Crippen LogP) is 2.94. The summed E-state index contributed by atoms with van der Waals surface area (Å²) in [5.74, 6) is 4.26. The van der Waals surface area contributed by atoms with E-state index in [1.807, 2.05) is 37.4 Å². The predicted molar refractivity (Wildman–Crippen MR) is 135 cm³/mol. The van der Waals surface area contributed by atoms with Crippen LogP contribution in [0.15, 0.2) is 41.4 Å². The molecule has 0 saturated carbocycles. The lowest BCUT2D eigenvalue weighted by molar-refractivity contribution is 0.171. The minimum atomic E-state index is 0. The van der Waals surface area contributed by atoms with Crippen molar-refractivity contribution in [3.63, 3.8) is 0 Å². The van der Waals surface area contributed by atoms with Gasteiger partial charge in [-0.25, -0.2) is 0 Å². The molecule has 9 heteroatoms. The molecule has 0 spiro atoms. The number of benzene rings is 2. The average molecular weight is 554 g/mol. The van der Waals surface area contributed by atoms with E-state index in [4.69, 9.17) is 18.9 Å². The Balaban J connectivity index is 0.00000289. The van der Waals surface area contributed by atoms with E-state index in [2.05, 4.69) is 26.2 Å². The van der Waals surface area contributed by atoms with Crippen molar-refractivity contribution >= 4 is 29.9 Å². The highest BCUT2D eigenvalue weighted by molar-refractivity contribution is 14.0. The third kappa shape index (κ3) is 5.69. The van der Waals surface area contributed by atoms with Crippen molar-refractivity contribution in [3.8, 4) is 23.0 Å². The lowest BCUT2D eigenvalue weighted by atomic mass is 10.1. The van der Waals surface area contributed by atoms with Gasteiger partial charge >= 0.3 is 0 Å². The van der Waals surface area contributed by atoms with Crippen molar-refractivity contribution < 1.29 is 18.9 Å². The van der Waals surface area contributed by atoms with E-state index in [9.17, 15) is 0 Å². The number of methoxy groups -OCH3 is 2. The van der Waals surface area contributed by atoms with Gasteiger partial charge < -0.3 is 29.2 Å². The molecule has 0 unspecified atom stereocenters. The van der Waals surface area contributed by atoms with Crippen LogP contribution in [0.1, 0.15) is 11.1 Å². The highest BCUT2D eigenvalue weighted by atomic mass is 127. The summed E-state index contributed by atoms with van der Waals surface area (Å²) < 4.78 is 21.7. The van der Waals surface area contributed by atoms with Crippen LogP contribution in [-0.2, 0) is 13.1 Å². The molecule has 0 aliphatic carbocycles. The third-order valence-corrected chi connectivity index (χ3v) is 5.65. The zero-order chi connectivity index (χ0) is 21.6. The van der Waals surface area contributed by atoms with Crippen molar-refractivity contribution in [1.82, 2.24) is 15.1 Å². The fraction of sp³-hybridized carbons (Fsp3) is 0.435. The molecule has 2 heterocycles. The standard InChI is InChI=1S/C23H30N4O4.HI/c1-24-23(25-14-17-4-6-21-22(12-17)31-16-30-21)27-10-8-26(9-11-27)15-18-13-19(28-2)5-7-20(18)29-3;/h4-7,12-13H,8-11,14-16H2,1-3H3,(H,24,25);1H. The zero-order valence-corrected chi connectivity index (χ0v) is 21.1. The minimum Gasteiger partial charge on any atom is -0.497 e. The molecule has 1 fully saturated rings. The summed E-state index contributed by atoms with van der Waals surface area (Å²) in [4.78, 5) is 9.21. The largest absolute Gasteiger partial charge is 0.497 e. The van der Waals surface area contributed by atoms with Gasteiger partial charge in [-0.05, 0) is 35.9 Å². The maximum Gasteiger partial charge on any atom is 0.231 e. The summed E-state index contributed by atoms with van der Waals surface area (Å²) in [5, 5.41) is 3.47. The Kier molecular flexibility index (Phi) is 8.68. The smallest absolute Gasteiger partial charge is 0.231 e. The quantitative estimate of drug-likeness (QED) is 0.335. The van der Waals surface area contributed by atoms with E-state index >= 15 is 0 Å². The minimum absolute atomic E-state index is 0. The lowest BCUT2D eigenvalue weighted by Crippen LogP contribution is -2.52. The number of aliphatic imine (C=N–C) groups is 1. The van der Waals surface area contributed by atoms with E-state index in [1.165, 1.54) is 0 Å². The maximum atomic E-state index is 5.53. The number of rotatable bonds is 6. The molecule has 0 bridgehead atoms. The van der Waals surface area contributed by atoms with Gasteiger partial charge in [0.05, 0.1) is 14.2 Å². The molecule has 1 saturated heterocycles. The van der Waals surface area contributed by atoms with Crippen molar-refractivity contribution in [1.29, 1.82) is 0 Å². The number of ether oxygens (including phenoxy) is 4. The molecular weight excluding hydrogens is 523 g/mol. The van der Waals surface area contributed by atoms with Gasteiger partial charge in [0.15, 0.2) is 17.5 Å². The molecule has 2 aromatic rings. The second kappa shape index (κ2) is 11.5. The summed E-state index contributed by atoms with van der Waals surface area (Å²) in [6.45, 7) is 5.53. The number of piperazine rings is 1. The number of guanidine groups is 1. The first kappa shape index (κ1) is 24.2. The van der Waals surface area contributed by atoms with Gasteiger partial charge in [0.1, 0.15) is 11.5 Å². The fourth-order valence-corrected chi connectivity index (χ4v) is 3.93. The zero-order valence-electron chi connectivity index (χ0n) is 18.8. The number of hydrogen-bond acceptors (Lipinski definition) is 6. The molecule has 8 nitrogen and oxygen atoms in total. The summed E-state index contributed by atoms with van der Waals surface area (Å²) in [6.07, 6.45) is 0. The first-order valence-corrected chi connectivity index (χ1v) is 10.5. The van der Waals surface area contributed by atoms with Crippen LogP contribution in [-0.4, -0.2) is 70.0 Å². The molecule has 0 aromatic heterocycles. The highest BCUT2D eigenvalue weighted by Crippen LogP contribution is 2.32. The van der Waals surface area contributed by atoms with Crippen LogP contribution in [0.5, 0.6) is 23.0 Å². The molecule has 0 radical (unpaired) electrons. The second-order valence-corrected chi connectivity index (χ2v) is 7.53. The lowest BCUT2D eigenvalue weighted by Gasteiger charge is -2.36. The van der Waals surface area contributed by atoms with Crippen LogP contribution < -0.4 is 24.3 Å². The number of nitrogens with zero attached hydrogens (tertiary/aromatic N) is 3. The van der Waals surface area contributed by atoms with Crippen molar-refractivity contribution in [3.05, 3.63) is 47.5 Å². The molecule has 0 amide bonds. The highest BCUT2D eigenvalue weighted by Gasteiger charge is 2.21. The molecule has 2 aliphatic rings. The Morgan fingerprint density at radius 2 is 1.78 bits per heavy atom. The number of halogens is 1. The van der Waals surface area contributed by atoms with E-state index in [1.54, 1.807) is 14.2 Å². The van der Waals surface area contributed by atoms with E-state index in [0.29, 0.717) is 13.3 Å². The Labute approximate surface area is 206 Å².